The van der Waals surface area contributed by atoms with Crippen LogP contribution in [0.1, 0.15) is 33.6 Å². The van der Waals surface area contributed by atoms with Crippen LogP contribution in [-0.4, -0.2) is 42.6 Å². The molecule has 2 N–H and O–H groups in total. The zero-order valence-electron chi connectivity index (χ0n) is 14.2. The molecule has 8 nitrogen and oxygen atoms in total. The molecule has 2 amide bonds. The van der Waals surface area contributed by atoms with E-state index in [1.165, 1.54) is 46.9 Å². The van der Waals surface area contributed by atoms with E-state index in [0.717, 1.165) is 12.8 Å². The number of rotatable bonds is 4. The maximum absolute atomic E-state index is 12.6. The smallest absolute Gasteiger partial charge is 0.267 e. The van der Waals surface area contributed by atoms with E-state index < -0.39 is 21.8 Å². The largest absolute Gasteiger partial charge is 0.272 e. The molecule has 2 heterocycles. The van der Waals surface area contributed by atoms with Gasteiger partial charge in [0.05, 0.1) is 10.5 Å². The van der Waals surface area contributed by atoms with Crippen molar-refractivity contribution in [3.8, 4) is 0 Å². The second kappa shape index (κ2) is 8.03. The van der Waals surface area contributed by atoms with Crippen LogP contribution in [-0.2, 0) is 10.0 Å². The fourth-order valence-electron chi connectivity index (χ4n) is 2.68. The van der Waals surface area contributed by atoms with Gasteiger partial charge in [0, 0.05) is 24.8 Å². The van der Waals surface area contributed by atoms with E-state index in [4.69, 9.17) is 11.6 Å². The van der Waals surface area contributed by atoms with E-state index in [1.807, 2.05) is 0 Å². The number of aromatic nitrogens is 1. The zero-order valence-corrected chi connectivity index (χ0v) is 15.8. The number of pyridine rings is 1. The van der Waals surface area contributed by atoms with Crippen LogP contribution in [0.15, 0.2) is 47.5 Å². The molecule has 1 aromatic carbocycles. The van der Waals surface area contributed by atoms with Crippen LogP contribution in [0.25, 0.3) is 0 Å². The second-order valence-corrected chi connectivity index (χ2v) is 8.18. The first-order chi connectivity index (χ1) is 12.9. The van der Waals surface area contributed by atoms with Crippen molar-refractivity contribution in [1.29, 1.82) is 0 Å². The monoisotopic (exact) mass is 408 g/mol. The molecule has 142 valence electrons. The van der Waals surface area contributed by atoms with E-state index >= 15 is 0 Å². The highest BCUT2D eigenvalue weighted by molar-refractivity contribution is 7.89. The molecule has 0 radical (unpaired) electrons. The van der Waals surface area contributed by atoms with Gasteiger partial charge < -0.3 is 0 Å². The normalized spacial score (nSPS) is 14.7. The third-order valence-corrected chi connectivity index (χ3v) is 6.29. The van der Waals surface area contributed by atoms with Gasteiger partial charge in [-0.2, -0.15) is 4.31 Å². The molecule has 0 aliphatic carbocycles. The van der Waals surface area contributed by atoms with Gasteiger partial charge in [0.2, 0.25) is 10.0 Å². The molecule has 0 spiro atoms. The summed E-state index contributed by atoms with van der Waals surface area (Å²) < 4.78 is 26.6. The van der Waals surface area contributed by atoms with Crippen LogP contribution in [0, 0.1) is 0 Å². The summed E-state index contributed by atoms with van der Waals surface area (Å²) in [7, 11) is -3.63. The number of sulfonamides is 1. The van der Waals surface area contributed by atoms with Gasteiger partial charge in [-0.25, -0.2) is 13.4 Å². The number of hydrogen-bond acceptors (Lipinski definition) is 5. The van der Waals surface area contributed by atoms with Crippen molar-refractivity contribution >= 4 is 33.4 Å². The van der Waals surface area contributed by atoms with Crippen molar-refractivity contribution in [3.63, 3.8) is 0 Å². The van der Waals surface area contributed by atoms with Gasteiger partial charge in [-0.05, 0) is 43.2 Å². The van der Waals surface area contributed by atoms with E-state index in [9.17, 15) is 18.0 Å². The molecule has 2 aromatic rings. The molecule has 27 heavy (non-hydrogen) atoms. The summed E-state index contributed by atoms with van der Waals surface area (Å²) in [5.41, 5.74) is 4.67. The lowest BCUT2D eigenvalue weighted by molar-refractivity contribution is 0.0846. The SMILES string of the molecule is O=C(NNC(=O)c1cccnc1Cl)c1cccc(S(=O)(=O)N2CCCC2)c1. The number of nitrogens with zero attached hydrogens (tertiary/aromatic N) is 2. The molecule has 0 saturated carbocycles. The Bertz CT molecular complexity index is 974. The minimum absolute atomic E-state index is 0.00273. The van der Waals surface area contributed by atoms with Gasteiger partial charge in [-0.1, -0.05) is 17.7 Å². The Balaban J connectivity index is 1.70. The summed E-state index contributed by atoms with van der Waals surface area (Å²) in [4.78, 5) is 28.2. The maximum atomic E-state index is 12.6. The van der Waals surface area contributed by atoms with Gasteiger partial charge >= 0.3 is 0 Å². The summed E-state index contributed by atoms with van der Waals surface area (Å²) in [6, 6.07) is 8.67. The first-order valence-electron chi connectivity index (χ1n) is 8.21. The molecule has 3 rings (SSSR count). The highest BCUT2D eigenvalue weighted by Gasteiger charge is 2.27. The summed E-state index contributed by atoms with van der Waals surface area (Å²) >= 11 is 5.83. The van der Waals surface area contributed by atoms with Gasteiger partial charge in [-0.15, -0.1) is 0 Å². The Hall–Kier alpha value is -2.49. The Kier molecular flexibility index (Phi) is 5.73. The highest BCUT2D eigenvalue weighted by atomic mass is 35.5. The number of benzene rings is 1. The zero-order chi connectivity index (χ0) is 19.4. The van der Waals surface area contributed by atoms with Gasteiger partial charge in [0.1, 0.15) is 5.15 Å². The third-order valence-electron chi connectivity index (χ3n) is 4.09. The first kappa shape index (κ1) is 19.3. The molecule has 1 fully saturated rings. The van der Waals surface area contributed by atoms with Gasteiger partial charge in [-0.3, -0.25) is 20.4 Å². The molecular formula is C17H17ClN4O4S. The van der Waals surface area contributed by atoms with E-state index in [0.29, 0.717) is 13.1 Å². The van der Waals surface area contributed by atoms with Gasteiger partial charge in [0.25, 0.3) is 11.8 Å². The van der Waals surface area contributed by atoms with Crippen molar-refractivity contribution in [2.75, 3.05) is 13.1 Å². The van der Waals surface area contributed by atoms with Crippen molar-refractivity contribution < 1.29 is 18.0 Å². The number of hydrazine groups is 1. The Morgan fingerprint density at radius 1 is 1.04 bits per heavy atom. The molecule has 0 atom stereocenters. The van der Waals surface area contributed by atoms with Crippen LogP contribution in [0.5, 0.6) is 0 Å². The summed E-state index contributed by atoms with van der Waals surface area (Å²) in [6.07, 6.45) is 3.08. The van der Waals surface area contributed by atoms with Crippen molar-refractivity contribution in [2.45, 2.75) is 17.7 Å². The molecule has 1 saturated heterocycles. The number of amides is 2. The lowest BCUT2D eigenvalue weighted by Crippen LogP contribution is -2.41. The summed E-state index contributed by atoms with van der Waals surface area (Å²) in [6.45, 7) is 0.946. The predicted molar refractivity (Wildman–Crippen MR) is 98.6 cm³/mol. The van der Waals surface area contributed by atoms with Crippen LogP contribution in [0.4, 0.5) is 0 Å². The van der Waals surface area contributed by atoms with Crippen molar-refractivity contribution in [2.24, 2.45) is 0 Å². The van der Waals surface area contributed by atoms with Crippen LogP contribution in [0.2, 0.25) is 5.15 Å². The number of carbonyl (C=O) groups excluding carboxylic acids is 2. The number of halogens is 1. The lowest BCUT2D eigenvalue weighted by atomic mass is 10.2. The van der Waals surface area contributed by atoms with Crippen LogP contribution < -0.4 is 10.9 Å². The fraction of sp³-hybridized carbons (Fsp3) is 0.235. The number of carbonyl (C=O) groups is 2. The average Bonchev–Trinajstić information content (AvgIpc) is 3.22. The standard InChI is InChI=1S/C17H17ClN4O4S/c18-15-14(7-4-8-19-15)17(24)21-20-16(23)12-5-3-6-13(11-12)27(25,26)22-9-1-2-10-22/h3-8,11H,1-2,9-10H2,(H,20,23)(H,21,24). The minimum Gasteiger partial charge on any atom is -0.267 e. The molecular weight excluding hydrogens is 392 g/mol. The second-order valence-electron chi connectivity index (χ2n) is 5.89. The third kappa shape index (κ3) is 4.26. The van der Waals surface area contributed by atoms with Crippen molar-refractivity contribution in [3.05, 3.63) is 58.9 Å². The molecule has 1 aliphatic rings. The summed E-state index contributed by atoms with van der Waals surface area (Å²) in [5.74, 6) is -1.29. The molecule has 10 heteroatoms. The maximum Gasteiger partial charge on any atom is 0.272 e. The first-order valence-corrected chi connectivity index (χ1v) is 10.0. The molecule has 1 aromatic heterocycles. The predicted octanol–water partition coefficient (Wildman–Crippen LogP) is 1.59. The fourth-order valence-corrected chi connectivity index (χ4v) is 4.45. The van der Waals surface area contributed by atoms with E-state index in [2.05, 4.69) is 15.8 Å². The minimum atomic E-state index is -3.63. The van der Waals surface area contributed by atoms with Gasteiger partial charge in [0.15, 0.2) is 0 Å². The highest BCUT2D eigenvalue weighted by Crippen LogP contribution is 2.21. The van der Waals surface area contributed by atoms with Crippen LogP contribution in [0.3, 0.4) is 0 Å². The Labute approximate surface area is 161 Å². The number of nitrogens with one attached hydrogen (secondary N) is 2. The topological polar surface area (TPSA) is 108 Å². The lowest BCUT2D eigenvalue weighted by Gasteiger charge is -2.16. The Morgan fingerprint density at radius 2 is 1.74 bits per heavy atom. The molecule has 0 bridgehead atoms. The van der Waals surface area contributed by atoms with E-state index in [1.54, 1.807) is 0 Å². The summed E-state index contributed by atoms with van der Waals surface area (Å²) in [5, 5.41) is 0.00273. The van der Waals surface area contributed by atoms with E-state index in [-0.39, 0.29) is 21.2 Å². The molecule has 0 unspecified atom stereocenters. The Morgan fingerprint density at radius 3 is 2.44 bits per heavy atom. The average molecular weight is 409 g/mol. The molecule has 1 aliphatic heterocycles. The van der Waals surface area contributed by atoms with Crippen molar-refractivity contribution in [1.82, 2.24) is 20.1 Å². The number of hydrogen-bond donors (Lipinski definition) is 2. The quantitative estimate of drug-likeness (QED) is 0.590. The van der Waals surface area contributed by atoms with Crippen LogP contribution >= 0.6 is 11.6 Å².